The topological polar surface area (TPSA) is 0 Å². The van der Waals surface area contributed by atoms with Gasteiger partial charge < -0.3 is 0 Å². The van der Waals surface area contributed by atoms with Gasteiger partial charge in [0.25, 0.3) is 0 Å². The van der Waals surface area contributed by atoms with Gasteiger partial charge in [0.1, 0.15) is 0 Å². The summed E-state index contributed by atoms with van der Waals surface area (Å²) < 4.78 is 0. The molecule has 82 valence electrons. The van der Waals surface area contributed by atoms with Crippen LogP contribution in [0.1, 0.15) is 58.3 Å². The van der Waals surface area contributed by atoms with Gasteiger partial charge in [0, 0.05) is 0 Å². The van der Waals surface area contributed by atoms with Crippen LogP contribution in [0.25, 0.3) is 0 Å². The molecule has 0 aliphatic heterocycles. The van der Waals surface area contributed by atoms with Gasteiger partial charge in [0.2, 0.25) is 0 Å². The summed E-state index contributed by atoms with van der Waals surface area (Å²) in [5.41, 5.74) is 2.28. The van der Waals surface area contributed by atoms with Gasteiger partial charge in [0.05, 0.1) is 0 Å². The second kappa shape index (κ2) is 5.81. The molecule has 2 saturated carbocycles. The van der Waals surface area contributed by atoms with Crippen LogP contribution in [-0.2, 0) is 0 Å². The first-order valence-electron chi connectivity index (χ1n) is 6.37. The summed E-state index contributed by atoms with van der Waals surface area (Å²) in [5.74, 6) is 0. The SMILES string of the molecule is CC(PC1CCCC1)PC1CCCC1. The van der Waals surface area contributed by atoms with Gasteiger partial charge in [-0.25, -0.2) is 0 Å². The average Bonchev–Trinajstić information content (AvgIpc) is 2.76. The predicted molar refractivity (Wildman–Crippen MR) is 70.6 cm³/mol. The van der Waals surface area contributed by atoms with Gasteiger partial charge >= 0.3 is 0 Å². The van der Waals surface area contributed by atoms with Crippen molar-refractivity contribution in [3.05, 3.63) is 0 Å². The Morgan fingerprint density at radius 1 is 0.786 bits per heavy atom. The summed E-state index contributed by atoms with van der Waals surface area (Å²) in [5, 5.41) is 1.07. The molecule has 0 aromatic rings. The van der Waals surface area contributed by atoms with Crippen LogP contribution in [0.3, 0.4) is 0 Å². The summed E-state index contributed by atoms with van der Waals surface area (Å²) >= 11 is 0. The molecule has 0 heterocycles. The second-order valence-corrected chi connectivity index (χ2v) is 9.63. The number of hydrogen-bond acceptors (Lipinski definition) is 0. The summed E-state index contributed by atoms with van der Waals surface area (Å²) in [6.07, 6.45) is 12.3. The first kappa shape index (κ1) is 11.3. The van der Waals surface area contributed by atoms with Crippen molar-refractivity contribution >= 4 is 17.2 Å². The normalized spacial score (nSPS) is 28.9. The molecular weight excluding hydrogens is 206 g/mol. The van der Waals surface area contributed by atoms with Gasteiger partial charge in [-0.05, 0) is 42.4 Å². The molecule has 0 saturated heterocycles. The van der Waals surface area contributed by atoms with E-state index in [1.165, 1.54) is 42.8 Å². The van der Waals surface area contributed by atoms with Crippen molar-refractivity contribution < 1.29 is 0 Å². The Hall–Kier alpha value is 0.860. The Kier molecular flexibility index (Phi) is 4.71. The van der Waals surface area contributed by atoms with E-state index in [9.17, 15) is 0 Å². The molecule has 2 aliphatic rings. The summed E-state index contributed by atoms with van der Waals surface area (Å²) in [6.45, 7) is 2.52. The molecule has 0 spiro atoms. The van der Waals surface area contributed by atoms with Crippen LogP contribution in [-0.4, -0.2) is 16.7 Å². The molecule has 0 radical (unpaired) electrons. The highest BCUT2D eigenvalue weighted by Crippen LogP contribution is 2.48. The number of rotatable bonds is 4. The van der Waals surface area contributed by atoms with Crippen LogP contribution < -0.4 is 0 Å². The Morgan fingerprint density at radius 2 is 1.14 bits per heavy atom. The highest BCUT2D eigenvalue weighted by atomic mass is 31.1. The average molecular weight is 230 g/mol. The van der Waals surface area contributed by atoms with Gasteiger partial charge in [-0.1, -0.05) is 32.6 Å². The van der Waals surface area contributed by atoms with Crippen molar-refractivity contribution in [1.82, 2.24) is 0 Å². The highest BCUT2D eigenvalue weighted by molar-refractivity contribution is 7.58. The fourth-order valence-corrected chi connectivity index (χ4v) is 7.64. The standard InChI is InChI=1S/C12H24P2/c1-10(13-11-6-2-3-7-11)14-12-8-4-5-9-12/h10-14H,2-9H2,1H3. The molecule has 2 fully saturated rings. The van der Waals surface area contributed by atoms with E-state index in [2.05, 4.69) is 6.92 Å². The monoisotopic (exact) mass is 230 g/mol. The molecule has 2 aliphatic carbocycles. The minimum Gasteiger partial charge on any atom is -0.112 e. The Bertz CT molecular complexity index is 140. The van der Waals surface area contributed by atoms with Crippen molar-refractivity contribution in [2.24, 2.45) is 0 Å². The predicted octanol–water partition coefficient (Wildman–Crippen LogP) is 4.57. The van der Waals surface area contributed by atoms with Crippen LogP contribution in [0.5, 0.6) is 0 Å². The Balaban J connectivity index is 1.64. The lowest BCUT2D eigenvalue weighted by Gasteiger charge is -2.20. The molecule has 2 rings (SSSR count). The molecule has 14 heavy (non-hydrogen) atoms. The zero-order chi connectivity index (χ0) is 9.80. The van der Waals surface area contributed by atoms with E-state index in [0.29, 0.717) is 0 Å². The van der Waals surface area contributed by atoms with E-state index in [0.717, 1.165) is 16.7 Å². The van der Waals surface area contributed by atoms with Gasteiger partial charge in [0.15, 0.2) is 0 Å². The van der Waals surface area contributed by atoms with Crippen LogP contribution in [0.4, 0.5) is 0 Å². The van der Waals surface area contributed by atoms with Crippen molar-refractivity contribution in [1.29, 1.82) is 0 Å². The van der Waals surface area contributed by atoms with E-state index < -0.39 is 0 Å². The summed E-state index contributed by atoms with van der Waals surface area (Å²) in [7, 11) is 2.60. The minimum absolute atomic E-state index is 1.07. The van der Waals surface area contributed by atoms with Crippen molar-refractivity contribution in [3.63, 3.8) is 0 Å². The number of hydrogen-bond donors (Lipinski definition) is 0. The molecule has 0 aromatic heterocycles. The van der Waals surface area contributed by atoms with E-state index in [1.807, 2.05) is 0 Å². The van der Waals surface area contributed by atoms with Gasteiger partial charge in [-0.2, -0.15) is 0 Å². The third-order valence-corrected chi connectivity index (χ3v) is 7.78. The first-order chi connectivity index (χ1) is 6.84. The van der Waals surface area contributed by atoms with Crippen molar-refractivity contribution in [3.8, 4) is 0 Å². The molecule has 2 atom stereocenters. The van der Waals surface area contributed by atoms with E-state index in [-0.39, 0.29) is 0 Å². The lowest BCUT2D eigenvalue weighted by molar-refractivity contribution is 0.886. The van der Waals surface area contributed by atoms with E-state index >= 15 is 0 Å². The molecule has 0 amide bonds. The lowest BCUT2D eigenvalue weighted by atomic mass is 10.4. The Morgan fingerprint density at radius 3 is 1.50 bits per heavy atom. The first-order valence-corrected chi connectivity index (χ1v) is 8.67. The third-order valence-electron chi connectivity index (χ3n) is 3.68. The maximum atomic E-state index is 2.52. The van der Waals surface area contributed by atoms with Gasteiger partial charge in [-0.3, -0.25) is 0 Å². The third kappa shape index (κ3) is 3.46. The van der Waals surface area contributed by atoms with Crippen LogP contribution in [0.15, 0.2) is 0 Å². The van der Waals surface area contributed by atoms with E-state index in [1.54, 1.807) is 25.7 Å². The molecule has 2 heteroatoms. The van der Waals surface area contributed by atoms with Gasteiger partial charge in [-0.15, -0.1) is 17.2 Å². The van der Waals surface area contributed by atoms with Crippen LogP contribution in [0.2, 0.25) is 0 Å². The maximum Gasteiger partial charge on any atom is -0.00846 e. The fraction of sp³-hybridized carbons (Fsp3) is 1.00. The van der Waals surface area contributed by atoms with Crippen LogP contribution >= 0.6 is 17.2 Å². The summed E-state index contributed by atoms with van der Waals surface area (Å²) in [6, 6.07) is 0. The van der Waals surface area contributed by atoms with Crippen molar-refractivity contribution in [2.75, 3.05) is 0 Å². The molecule has 0 bridgehead atoms. The second-order valence-electron chi connectivity index (χ2n) is 5.02. The lowest BCUT2D eigenvalue weighted by Crippen LogP contribution is -2.01. The fourth-order valence-electron chi connectivity index (χ4n) is 2.94. The molecule has 0 N–H and O–H groups in total. The Labute approximate surface area is 92.6 Å². The largest absolute Gasteiger partial charge is 0.112 e. The maximum absolute atomic E-state index is 2.52. The molecule has 2 unspecified atom stereocenters. The quantitative estimate of drug-likeness (QED) is 0.620. The minimum atomic E-state index is 1.07. The molecule has 0 nitrogen and oxygen atoms in total. The van der Waals surface area contributed by atoms with Crippen LogP contribution in [0, 0.1) is 0 Å². The zero-order valence-corrected chi connectivity index (χ0v) is 11.4. The molecule has 0 aromatic carbocycles. The highest BCUT2D eigenvalue weighted by Gasteiger charge is 2.21. The van der Waals surface area contributed by atoms with E-state index in [4.69, 9.17) is 0 Å². The summed E-state index contributed by atoms with van der Waals surface area (Å²) in [4.78, 5) is 0. The smallest absolute Gasteiger partial charge is 0.00846 e. The zero-order valence-electron chi connectivity index (χ0n) is 9.39. The van der Waals surface area contributed by atoms with Crippen molar-refractivity contribution in [2.45, 2.75) is 75.0 Å². The molecular formula is C12H24P2.